The van der Waals surface area contributed by atoms with Crippen molar-refractivity contribution in [2.45, 2.75) is 0 Å². The molecule has 3 aromatic rings. The summed E-state index contributed by atoms with van der Waals surface area (Å²) in [6, 6.07) is 14.3. The van der Waals surface area contributed by atoms with Gasteiger partial charge < -0.3 is 9.73 Å². The second-order valence-electron chi connectivity index (χ2n) is 4.75. The number of nitriles is 2. The number of aromatic nitrogens is 1. The monoisotopic (exact) mass is 398 g/mol. The van der Waals surface area contributed by atoms with Crippen LogP contribution in [0.4, 0.5) is 5.69 Å². The average Bonchev–Trinajstić information content (AvgIpc) is 3.01. The molecular formula is C17H8BrClN4O. The molecule has 0 spiro atoms. The fourth-order valence-electron chi connectivity index (χ4n) is 2.04. The van der Waals surface area contributed by atoms with E-state index in [2.05, 4.69) is 26.2 Å². The number of nitrogens with zero attached hydrogens (tertiary/aromatic N) is 3. The van der Waals surface area contributed by atoms with E-state index in [1.54, 1.807) is 36.4 Å². The summed E-state index contributed by atoms with van der Waals surface area (Å²) < 4.78 is 6.62. The van der Waals surface area contributed by atoms with Gasteiger partial charge in [-0.1, -0.05) is 27.5 Å². The van der Waals surface area contributed by atoms with E-state index >= 15 is 0 Å². The SMILES string of the molecule is N#CC(C#N)=CNc1ccc2oc(-c3cc(Br)ccc3Cl)nc2c1. The molecule has 1 N–H and O–H groups in total. The molecular weight excluding hydrogens is 392 g/mol. The molecule has 116 valence electrons. The molecule has 0 unspecified atom stereocenters. The molecule has 1 heterocycles. The highest BCUT2D eigenvalue weighted by Crippen LogP contribution is 2.32. The minimum atomic E-state index is -0.0168. The Bertz CT molecular complexity index is 1030. The average molecular weight is 400 g/mol. The van der Waals surface area contributed by atoms with E-state index < -0.39 is 0 Å². The van der Waals surface area contributed by atoms with Gasteiger partial charge in [-0.25, -0.2) is 4.98 Å². The van der Waals surface area contributed by atoms with Crippen molar-refractivity contribution < 1.29 is 4.42 Å². The van der Waals surface area contributed by atoms with Gasteiger partial charge in [0.2, 0.25) is 5.89 Å². The molecule has 2 aromatic carbocycles. The highest BCUT2D eigenvalue weighted by molar-refractivity contribution is 9.10. The lowest BCUT2D eigenvalue weighted by Gasteiger charge is -1.99. The van der Waals surface area contributed by atoms with Gasteiger partial charge in [0.25, 0.3) is 0 Å². The summed E-state index contributed by atoms with van der Waals surface area (Å²) in [6.45, 7) is 0. The van der Waals surface area contributed by atoms with E-state index in [9.17, 15) is 0 Å². The van der Waals surface area contributed by atoms with Crippen LogP contribution in [0.15, 0.2) is 57.1 Å². The Labute approximate surface area is 150 Å². The molecule has 0 atom stereocenters. The highest BCUT2D eigenvalue weighted by Gasteiger charge is 2.12. The normalized spacial score (nSPS) is 10.0. The fourth-order valence-corrected chi connectivity index (χ4v) is 2.60. The Hall–Kier alpha value is -2.80. The van der Waals surface area contributed by atoms with Crippen molar-refractivity contribution in [2.24, 2.45) is 0 Å². The third kappa shape index (κ3) is 3.26. The maximum Gasteiger partial charge on any atom is 0.228 e. The zero-order valence-corrected chi connectivity index (χ0v) is 14.4. The van der Waals surface area contributed by atoms with Crippen molar-refractivity contribution in [3.05, 3.63) is 57.7 Å². The van der Waals surface area contributed by atoms with Gasteiger partial charge in [0.05, 0.1) is 10.6 Å². The minimum Gasteiger partial charge on any atom is -0.436 e. The number of hydrogen-bond donors (Lipinski definition) is 1. The Morgan fingerprint density at radius 1 is 1.21 bits per heavy atom. The summed E-state index contributed by atoms with van der Waals surface area (Å²) in [5.74, 6) is 0.415. The van der Waals surface area contributed by atoms with E-state index in [4.69, 9.17) is 26.5 Å². The molecule has 7 heteroatoms. The summed E-state index contributed by atoms with van der Waals surface area (Å²) in [5.41, 5.74) is 2.60. The zero-order valence-electron chi connectivity index (χ0n) is 12.0. The van der Waals surface area contributed by atoms with E-state index in [1.807, 2.05) is 12.1 Å². The van der Waals surface area contributed by atoms with Crippen LogP contribution in [0.25, 0.3) is 22.6 Å². The molecule has 0 aliphatic carbocycles. The van der Waals surface area contributed by atoms with Crippen LogP contribution in [-0.4, -0.2) is 4.98 Å². The van der Waals surface area contributed by atoms with Crippen molar-refractivity contribution in [3.63, 3.8) is 0 Å². The molecule has 0 saturated heterocycles. The van der Waals surface area contributed by atoms with Gasteiger partial charge in [0.1, 0.15) is 23.2 Å². The van der Waals surface area contributed by atoms with E-state index in [0.717, 1.165) is 4.47 Å². The first kappa shape index (κ1) is 16.1. The molecule has 3 rings (SSSR count). The number of oxazole rings is 1. The number of rotatable bonds is 3. The molecule has 0 saturated carbocycles. The molecule has 5 nitrogen and oxygen atoms in total. The van der Waals surface area contributed by atoms with Gasteiger partial charge >= 0.3 is 0 Å². The molecule has 0 amide bonds. The second-order valence-corrected chi connectivity index (χ2v) is 6.07. The number of anilines is 1. The minimum absolute atomic E-state index is 0.0168. The number of fused-ring (bicyclic) bond motifs is 1. The van der Waals surface area contributed by atoms with Crippen LogP contribution in [0, 0.1) is 22.7 Å². The van der Waals surface area contributed by atoms with Crippen LogP contribution >= 0.6 is 27.5 Å². The first-order valence-electron chi connectivity index (χ1n) is 6.73. The smallest absolute Gasteiger partial charge is 0.228 e. The molecule has 1 aromatic heterocycles. The van der Waals surface area contributed by atoms with Gasteiger partial charge in [-0.15, -0.1) is 0 Å². The number of hydrogen-bond acceptors (Lipinski definition) is 5. The van der Waals surface area contributed by atoms with Crippen molar-refractivity contribution in [1.82, 2.24) is 4.98 Å². The molecule has 0 aliphatic rings. The zero-order chi connectivity index (χ0) is 17.1. The Kier molecular flexibility index (Phi) is 4.52. The maximum atomic E-state index is 8.73. The number of halogens is 2. The lowest BCUT2D eigenvalue weighted by Crippen LogP contribution is -1.89. The summed E-state index contributed by atoms with van der Waals surface area (Å²) in [7, 11) is 0. The molecule has 0 radical (unpaired) electrons. The molecule has 0 aliphatic heterocycles. The lowest BCUT2D eigenvalue weighted by atomic mass is 10.2. The standard InChI is InChI=1S/C17H8BrClN4O/c18-11-1-3-14(19)13(5-11)17-23-15-6-12(2-4-16(15)24-17)22-9-10(7-20)8-21/h1-6,9,22H. The molecule has 24 heavy (non-hydrogen) atoms. The van der Waals surface area contributed by atoms with Crippen LogP contribution in [0.2, 0.25) is 5.02 Å². The van der Waals surface area contributed by atoms with Gasteiger partial charge in [-0.2, -0.15) is 10.5 Å². The Balaban J connectivity index is 1.98. The molecule has 0 bridgehead atoms. The second kappa shape index (κ2) is 6.76. The lowest BCUT2D eigenvalue weighted by molar-refractivity contribution is 0.620. The van der Waals surface area contributed by atoms with Crippen molar-refractivity contribution in [3.8, 4) is 23.6 Å². The van der Waals surface area contributed by atoms with Gasteiger partial charge in [-0.05, 0) is 36.4 Å². The Morgan fingerprint density at radius 2 is 2.00 bits per heavy atom. The van der Waals surface area contributed by atoms with Gasteiger partial charge in [-0.3, -0.25) is 0 Å². The summed E-state index contributed by atoms with van der Waals surface area (Å²) in [4.78, 5) is 4.45. The third-order valence-electron chi connectivity index (χ3n) is 3.17. The summed E-state index contributed by atoms with van der Waals surface area (Å²) in [5, 5.41) is 20.9. The fraction of sp³-hybridized carbons (Fsp3) is 0. The van der Waals surface area contributed by atoms with Crippen LogP contribution in [0.3, 0.4) is 0 Å². The van der Waals surface area contributed by atoms with Crippen LogP contribution < -0.4 is 5.32 Å². The Morgan fingerprint density at radius 3 is 2.75 bits per heavy atom. The van der Waals surface area contributed by atoms with E-state index in [-0.39, 0.29) is 5.57 Å². The van der Waals surface area contributed by atoms with Gasteiger partial charge in [0, 0.05) is 16.4 Å². The quantitative estimate of drug-likeness (QED) is 0.608. The summed E-state index contributed by atoms with van der Waals surface area (Å²) >= 11 is 9.60. The van der Waals surface area contributed by atoms with Crippen molar-refractivity contribution in [2.75, 3.05) is 5.32 Å². The summed E-state index contributed by atoms with van der Waals surface area (Å²) in [6.07, 6.45) is 1.34. The van der Waals surface area contributed by atoms with Crippen LogP contribution in [0.1, 0.15) is 0 Å². The largest absolute Gasteiger partial charge is 0.436 e. The predicted octanol–water partition coefficient (Wildman–Crippen LogP) is 5.25. The maximum absolute atomic E-state index is 8.73. The van der Waals surface area contributed by atoms with Crippen molar-refractivity contribution in [1.29, 1.82) is 10.5 Å². The highest BCUT2D eigenvalue weighted by atomic mass is 79.9. The first-order valence-corrected chi connectivity index (χ1v) is 7.91. The third-order valence-corrected chi connectivity index (χ3v) is 3.99. The van der Waals surface area contributed by atoms with Gasteiger partial charge in [0.15, 0.2) is 5.58 Å². The van der Waals surface area contributed by atoms with Crippen molar-refractivity contribution >= 4 is 44.3 Å². The van der Waals surface area contributed by atoms with Crippen LogP contribution in [-0.2, 0) is 0 Å². The predicted molar refractivity (Wildman–Crippen MR) is 95.1 cm³/mol. The van der Waals surface area contributed by atoms with Crippen LogP contribution in [0.5, 0.6) is 0 Å². The van der Waals surface area contributed by atoms with E-state index in [0.29, 0.717) is 33.3 Å². The molecule has 0 fully saturated rings. The van der Waals surface area contributed by atoms with E-state index in [1.165, 1.54) is 6.20 Å². The topological polar surface area (TPSA) is 85.6 Å². The number of benzene rings is 2. The first-order chi connectivity index (χ1) is 11.6. The number of allylic oxidation sites excluding steroid dienone is 1. The number of nitrogens with one attached hydrogen (secondary N) is 1.